The van der Waals surface area contributed by atoms with E-state index in [1.807, 2.05) is 47.1 Å². The van der Waals surface area contributed by atoms with Crippen molar-refractivity contribution in [2.75, 3.05) is 6.54 Å². The van der Waals surface area contributed by atoms with Crippen molar-refractivity contribution in [1.29, 1.82) is 0 Å². The molecule has 1 aliphatic heterocycles. The number of hydrogen-bond donors (Lipinski definition) is 2. The first-order chi connectivity index (χ1) is 20.4. The number of Topliss-reactive ketones (excluding diaryl/α,β-unsaturated/α-hetero) is 1. The number of fused-ring (bicyclic) bond motifs is 1. The Morgan fingerprint density at radius 2 is 1.86 bits per heavy atom. The van der Waals surface area contributed by atoms with Gasteiger partial charge in [-0.1, -0.05) is 53.9 Å². The van der Waals surface area contributed by atoms with Crippen molar-refractivity contribution >= 4 is 29.1 Å². The van der Waals surface area contributed by atoms with Gasteiger partial charge in [0.2, 0.25) is 5.91 Å². The largest absolute Gasteiger partial charge is 2.00 e. The SMILES string of the molecule is CC=[C-]C(CCCCC[C@@H]1C2CC2C[C@H]1NC(=O)N[C@H](C(=O)N1C[CH-][C@@H](C)[C@H]1C(C)=O)C(C)(C)C)=Nc1ccc(F)cc1.[U+2]. The van der Waals surface area contributed by atoms with E-state index in [-0.39, 0.29) is 66.6 Å². The van der Waals surface area contributed by atoms with Gasteiger partial charge in [-0.15, -0.1) is 18.2 Å². The number of allylic oxidation sites excluding steroid dienone is 2. The monoisotopic (exact) mass is 830 g/mol. The Bertz CT molecular complexity index is 1210. The zero-order valence-corrected chi connectivity index (χ0v) is 31.3. The molecule has 2 N–H and O–H groups in total. The number of unbranched alkanes of at least 4 members (excludes halogenated alkanes) is 2. The summed E-state index contributed by atoms with van der Waals surface area (Å²) < 4.78 is 13.2. The van der Waals surface area contributed by atoms with Crippen LogP contribution in [-0.2, 0) is 9.59 Å². The van der Waals surface area contributed by atoms with E-state index in [2.05, 4.69) is 21.7 Å². The van der Waals surface area contributed by atoms with Crippen LogP contribution in [0.3, 0.4) is 0 Å². The zero-order chi connectivity index (χ0) is 31.3. The third kappa shape index (κ3) is 9.52. The van der Waals surface area contributed by atoms with Gasteiger partial charge in [0.1, 0.15) is 17.6 Å². The van der Waals surface area contributed by atoms with E-state index >= 15 is 0 Å². The maximum absolute atomic E-state index is 13.6. The molecule has 0 radical (unpaired) electrons. The molecule has 2 aliphatic carbocycles. The Balaban J connectivity index is 0.00000529. The first kappa shape index (κ1) is 36.5. The van der Waals surface area contributed by atoms with Gasteiger partial charge < -0.3 is 28.0 Å². The number of halogens is 1. The van der Waals surface area contributed by atoms with Crippen LogP contribution in [0.2, 0.25) is 0 Å². The number of carbonyl (C=O) groups is 3. The Kier molecular flexibility index (Phi) is 13.3. The molecule has 0 bridgehead atoms. The zero-order valence-electron chi connectivity index (χ0n) is 27.2. The fourth-order valence-corrected chi connectivity index (χ4v) is 7.07. The molecular weight excluding hydrogens is 781 g/mol. The fraction of sp³-hybridized carbons (Fsp3) is 0.629. The number of aliphatic imine (C=N–C) groups is 1. The van der Waals surface area contributed by atoms with Gasteiger partial charge in [-0.25, -0.2) is 9.18 Å². The minimum absolute atomic E-state index is 0. The number of carbonyl (C=O) groups excluding carboxylic acids is 3. The molecule has 9 heteroatoms. The van der Waals surface area contributed by atoms with E-state index in [4.69, 9.17) is 0 Å². The van der Waals surface area contributed by atoms with E-state index in [1.54, 1.807) is 17.0 Å². The number of likely N-dealkylation sites (tertiary alicyclic amines) is 1. The van der Waals surface area contributed by atoms with Crippen LogP contribution >= 0.6 is 0 Å². The second kappa shape index (κ2) is 16.0. The first-order valence-corrected chi connectivity index (χ1v) is 16.0. The molecule has 0 aromatic heterocycles. The third-order valence-corrected chi connectivity index (χ3v) is 9.37. The summed E-state index contributed by atoms with van der Waals surface area (Å²) in [7, 11) is 0. The standard InChI is InChI=1S/C35H49FN4O3.U/c1-7-11-26(37-27-16-14-25(36)15-17-27)12-9-8-10-13-28-29-20-24(29)21-30(28)38-34(43)39-32(35(4,5)6)33(42)40-19-18-22(2)31(40)23(3)41;/h7,14-18,22,24,28-32H,8-10,12-13,19-21H2,1-6H3,(H2,38,39,43);/q-2;+2/t22-,24?,28-,29?,30-,31+,32-;/m1./s1. The van der Waals surface area contributed by atoms with Gasteiger partial charge in [0.15, 0.2) is 0 Å². The molecular formula is C35H49FN4O3U. The van der Waals surface area contributed by atoms with E-state index < -0.39 is 17.5 Å². The number of nitrogens with one attached hydrogen (secondary N) is 2. The minimum atomic E-state index is -0.734. The van der Waals surface area contributed by atoms with Crippen molar-refractivity contribution < 1.29 is 49.9 Å². The molecule has 238 valence electrons. The fourth-order valence-electron chi connectivity index (χ4n) is 7.07. The van der Waals surface area contributed by atoms with E-state index in [9.17, 15) is 18.8 Å². The van der Waals surface area contributed by atoms with Crippen molar-refractivity contribution in [3.63, 3.8) is 0 Å². The Morgan fingerprint density at radius 3 is 2.50 bits per heavy atom. The normalized spacial score (nSPS) is 27.1. The molecule has 4 rings (SSSR count). The molecule has 1 heterocycles. The van der Waals surface area contributed by atoms with Crippen LogP contribution in [-0.4, -0.2) is 53.0 Å². The van der Waals surface area contributed by atoms with E-state index in [0.717, 1.165) is 49.9 Å². The average molecular weight is 831 g/mol. The average Bonchev–Trinajstić information content (AvgIpc) is 3.45. The first-order valence-electron chi connectivity index (χ1n) is 16.0. The second-order valence-electron chi connectivity index (χ2n) is 13.8. The van der Waals surface area contributed by atoms with Gasteiger partial charge in [-0.05, 0) is 80.0 Å². The number of nitrogens with zero attached hydrogens (tertiary/aromatic N) is 2. The van der Waals surface area contributed by atoms with Crippen molar-refractivity contribution in [3.05, 3.63) is 48.7 Å². The smallest absolute Gasteiger partial charge is 0.454 e. The van der Waals surface area contributed by atoms with Crippen molar-refractivity contribution in [2.45, 2.75) is 105 Å². The number of ketones is 1. The maximum Gasteiger partial charge on any atom is 2.00 e. The van der Waals surface area contributed by atoms with Gasteiger partial charge in [0.25, 0.3) is 0 Å². The van der Waals surface area contributed by atoms with E-state index in [1.165, 1.54) is 25.5 Å². The number of rotatable bonds is 12. The van der Waals surface area contributed by atoms with Crippen LogP contribution in [0.5, 0.6) is 0 Å². The van der Waals surface area contributed by atoms with Crippen molar-refractivity contribution in [3.8, 4) is 0 Å². The molecule has 3 fully saturated rings. The number of benzene rings is 1. The number of hydrogen-bond acceptors (Lipinski definition) is 4. The van der Waals surface area contributed by atoms with Crippen LogP contribution < -0.4 is 10.6 Å². The topological polar surface area (TPSA) is 90.9 Å². The molecule has 3 aliphatic rings. The molecule has 0 spiro atoms. The summed E-state index contributed by atoms with van der Waals surface area (Å²) in [5, 5.41) is 6.23. The summed E-state index contributed by atoms with van der Waals surface area (Å²) in [5.41, 5.74) is 1.08. The molecule has 1 aromatic carbocycles. The van der Waals surface area contributed by atoms with E-state index in [0.29, 0.717) is 24.3 Å². The summed E-state index contributed by atoms with van der Waals surface area (Å²) in [5.74, 6) is 1.30. The molecule has 7 nitrogen and oxygen atoms in total. The summed E-state index contributed by atoms with van der Waals surface area (Å²) in [4.78, 5) is 45.5. The Hall–Kier alpha value is -1.98. The van der Waals surface area contributed by atoms with Gasteiger partial charge in [0, 0.05) is 6.04 Å². The number of amides is 3. The molecule has 1 aromatic rings. The molecule has 2 unspecified atom stereocenters. The van der Waals surface area contributed by atoms with Crippen LogP contribution in [0.25, 0.3) is 0 Å². The molecule has 1 saturated heterocycles. The predicted molar refractivity (Wildman–Crippen MR) is 168 cm³/mol. The molecule has 2 saturated carbocycles. The predicted octanol–water partition coefficient (Wildman–Crippen LogP) is 6.61. The third-order valence-electron chi connectivity index (χ3n) is 9.37. The maximum atomic E-state index is 13.6. The molecule has 3 amide bonds. The number of urea groups is 1. The summed E-state index contributed by atoms with van der Waals surface area (Å²) in [6.45, 7) is 11.7. The minimum Gasteiger partial charge on any atom is -0.454 e. The molecule has 44 heavy (non-hydrogen) atoms. The van der Waals surface area contributed by atoms with Crippen LogP contribution in [0.15, 0.2) is 35.3 Å². The van der Waals surface area contributed by atoms with Gasteiger partial charge >= 0.3 is 37.1 Å². The van der Waals surface area contributed by atoms with Crippen LogP contribution in [0, 0.1) is 78.5 Å². The molecule has 7 atom stereocenters. The Labute approximate surface area is 287 Å². The summed E-state index contributed by atoms with van der Waals surface area (Å²) in [6.07, 6.45) is 14.3. The summed E-state index contributed by atoms with van der Waals surface area (Å²) >= 11 is 0. The summed E-state index contributed by atoms with van der Waals surface area (Å²) in [6, 6.07) is 4.78. The van der Waals surface area contributed by atoms with Crippen molar-refractivity contribution in [2.24, 2.45) is 34.1 Å². The Morgan fingerprint density at radius 1 is 1.16 bits per heavy atom. The van der Waals surface area contributed by atoms with Gasteiger partial charge in [-0.2, -0.15) is 0 Å². The quantitative estimate of drug-likeness (QED) is 0.141. The van der Waals surface area contributed by atoms with Crippen molar-refractivity contribution in [1.82, 2.24) is 15.5 Å². The van der Waals surface area contributed by atoms with Gasteiger partial charge in [0.05, 0.1) is 11.7 Å². The van der Waals surface area contributed by atoms with Crippen LogP contribution in [0.4, 0.5) is 14.9 Å². The second-order valence-corrected chi connectivity index (χ2v) is 13.8. The van der Waals surface area contributed by atoms with Crippen LogP contribution in [0.1, 0.15) is 86.5 Å². The van der Waals surface area contributed by atoms with Gasteiger partial charge in [-0.3, -0.25) is 20.7 Å².